The second-order valence-corrected chi connectivity index (χ2v) is 4.20. The standard InChI is InChI=1S/C14H13N3O3/c1-8-12(7-6-11(13(8)18)14(19)20)17-16-10-4-2-9(15)3-5-10/h2-7,18H,15H2,1H3,(H,19,20). The van der Waals surface area contributed by atoms with E-state index in [1.165, 1.54) is 12.1 Å². The number of phenols is 1. The first-order chi connectivity index (χ1) is 9.49. The number of hydrogen-bond acceptors (Lipinski definition) is 5. The van der Waals surface area contributed by atoms with Gasteiger partial charge in [-0.3, -0.25) is 0 Å². The average molecular weight is 271 g/mol. The van der Waals surface area contributed by atoms with Crippen LogP contribution in [-0.4, -0.2) is 16.2 Å². The lowest BCUT2D eigenvalue weighted by molar-refractivity contribution is 0.0693. The van der Waals surface area contributed by atoms with Crippen LogP contribution in [0.5, 0.6) is 5.75 Å². The zero-order valence-corrected chi connectivity index (χ0v) is 10.7. The Kier molecular flexibility index (Phi) is 3.65. The van der Waals surface area contributed by atoms with Gasteiger partial charge in [0.15, 0.2) is 0 Å². The van der Waals surface area contributed by atoms with E-state index in [2.05, 4.69) is 10.2 Å². The fraction of sp³-hybridized carbons (Fsp3) is 0.0714. The summed E-state index contributed by atoms with van der Waals surface area (Å²) >= 11 is 0. The smallest absolute Gasteiger partial charge is 0.339 e. The molecule has 2 rings (SSSR count). The topological polar surface area (TPSA) is 108 Å². The van der Waals surface area contributed by atoms with Gasteiger partial charge in [0.1, 0.15) is 11.3 Å². The molecule has 0 bridgehead atoms. The van der Waals surface area contributed by atoms with Crippen LogP contribution in [0.15, 0.2) is 46.6 Å². The number of hydrogen-bond donors (Lipinski definition) is 3. The minimum atomic E-state index is -1.19. The van der Waals surface area contributed by atoms with Gasteiger partial charge in [-0.1, -0.05) is 0 Å². The Balaban J connectivity index is 2.32. The second kappa shape index (κ2) is 5.40. The zero-order chi connectivity index (χ0) is 14.7. The molecule has 102 valence electrons. The van der Waals surface area contributed by atoms with Gasteiger partial charge < -0.3 is 15.9 Å². The van der Waals surface area contributed by atoms with E-state index in [9.17, 15) is 9.90 Å². The first-order valence-corrected chi connectivity index (χ1v) is 5.82. The molecule has 4 N–H and O–H groups in total. The normalized spacial score (nSPS) is 10.8. The van der Waals surface area contributed by atoms with Gasteiger partial charge >= 0.3 is 5.97 Å². The van der Waals surface area contributed by atoms with Crippen molar-refractivity contribution < 1.29 is 15.0 Å². The maximum Gasteiger partial charge on any atom is 0.339 e. The first kappa shape index (κ1) is 13.5. The van der Waals surface area contributed by atoms with Crippen molar-refractivity contribution in [2.45, 2.75) is 6.92 Å². The number of nitrogens with two attached hydrogens (primary N) is 1. The van der Waals surface area contributed by atoms with Crippen LogP contribution in [0.1, 0.15) is 15.9 Å². The first-order valence-electron chi connectivity index (χ1n) is 5.82. The summed E-state index contributed by atoms with van der Waals surface area (Å²) in [7, 11) is 0. The number of carboxylic acids is 1. The van der Waals surface area contributed by atoms with E-state index >= 15 is 0 Å². The van der Waals surface area contributed by atoms with E-state index in [0.29, 0.717) is 22.6 Å². The molecule has 0 aliphatic rings. The van der Waals surface area contributed by atoms with Gasteiger partial charge in [-0.2, -0.15) is 10.2 Å². The third kappa shape index (κ3) is 2.74. The summed E-state index contributed by atoms with van der Waals surface area (Å²) in [6.07, 6.45) is 0. The zero-order valence-electron chi connectivity index (χ0n) is 10.7. The molecule has 0 saturated heterocycles. The molecule has 6 nitrogen and oxygen atoms in total. The quantitative estimate of drug-likeness (QED) is 0.587. The van der Waals surface area contributed by atoms with Crippen LogP contribution < -0.4 is 5.73 Å². The summed E-state index contributed by atoms with van der Waals surface area (Å²) in [5.74, 6) is -1.49. The number of nitrogens with zero attached hydrogens (tertiary/aromatic N) is 2. The van der Waals surface area contributed by atoms with Crippen molar-refractivity contribution in [2.75, 3.05) is 5.73 Å². The number of aromatic hydroxyl groups is 1. The summed E-state index contributed by atoms with van der Waals surface area (Å²) < 4.78 is 0. The highest BCUT2D eigenvalue weighted by Gasteiger charge is 2.13. The van der Waals surface area contributed by atoms with E-state index in [1.807, 2.05) is 0 Å². The maximum absolute atomic E-state index is 10.9. The number of azo groups is 1. The van der Waals surface area contributed by atoms with Gasteiger partial charge in [-0.25, -0.2) is 4.79 Å². The van der Waals surface area contributed by atoms with Crippen LogP contribution in [0, 0.1) is 6.92 Å². The predicted molar refractivity (Wildman–Crippen MR) is 74.8 cm³/mol. The third-order valence-corrected chi connectivity index (χ3v) is 2.80. The monoisotopic (exact) mass is 271 g/mol. The maximum atomic E-state index is 10.9. The molecule has 6 heteroatoms. The molecule has 0 heterocycles. The Morgan fingerprint density at radius 2 is 1.75 bits per heavy atom. The molecule has 0 radical (unpaired) electrons. The number of aromatic carboxylic acids is 1. The molecule has 2 aromatic rings. The molecule has 0 atom stereocenters. The average Bonchev–Trinajstić information content (AvgIpc) is 2.42. The lowest BCUT2D eigenvalue weighted by atomic mass is 10.1. The molecule has 2 aromatic carbocycles. The van der Waals surface area contributed by atoms with Crippen molar-refractivity contribution in [1.29, 1.82) is 0 Å². The summed E-state index contributed by atoms with van der Waals surface area (Å²) in [4.78, 5) is 10.9. The largest absolute Gasteiger partial charge is 0.507 e. The lowest BCUT2D eigenvalue weighted by Crippen LogP contribution is -1.97. The van der Waals surface area contributed by atoms with Crippen LogP contribution in [0.3, 0.4) is 0 Å². The molecule has 0 aliphatic heterocycles. The van der Waals surface area contributed by atoms with Crippen molar-refractivity contribution in [3.05, 3.63) is 47.5 Å². The molecule has 0 amide bonds. The minimum Gasteiger partial charge on any atom is -0.507 e. The van der Waals surface area contributed by atoms with E-state index in [0.717, 1.165) is 0 Å². The van der Waals surface area contributed by atoms with E-state index in [4.69, 9.17) is 10.8 Å². The predicted octanol–water partition coefficient (Wildman–Crippen LogP) is 3.40. The Morgan fingerprint density at radius 1 is 1.10 bits per heavy atom. The minimum absolute atomic E-state index is 0.158. The van der Waals surface area contributed by atoms with Crippen molar-refractivity contribution in [3.63, 3.8) is 0 Å². The van der Waals surface area contributed by atoms with Crippen LogP contribution in [0.4, 0.5) is 17.1 Å². The molecular formula is C14H13N3O3. The number of benzene rings is 2. The molecule has 0 spiro atoms. The van der Waals surface area contributed by atoms with Crippen LogP contribution in [0.25, 0.3) is 0 Å². The molecule has 0 fully saturated rings. The van der Waals surface area contributed by atoms with Crippen molar-refractivity contribution in [2.24, 2.45) is 10.2 Å². The molecular weight excluding hydrogens is 258 g/mol. The number of nitrogen functional groups attached to an aromatic ring is 1. The molecule has 0 aliphatic carbocycles. The third-order valence-electron chi connectivity index (χ3n) is 2.80. The van der Waals surface area contributed by atoms with Gasteiger partial charge in [0.25, 0.3) is 0 Å². The Bertz CT molecular complexity index is 679. The molecule has 0 unspecified atom stereocenters. The number of carbonyl (C=O) groups is 1. The highest BCUT2D eigenvalue weighted by Crippen LogP contribution is 2.31. The van der Waals surface area contributed by atoms with Crippen molar-refractivity contribution in [3.8, 4) is 5.75 Å². The molecule has 20 heavy (non-hydrogen) atoms. The Hall–Kier alpha value is -2.89. The number of carboxylic acid groups (broad SMARTS) is 1. The second-order valence-electron chi connectivity index (χ2n) is 4.20. The number of anilines is 1. The van der Waals surface area contributed by atoms with Crippen molar-refractivity contribution in [1.82, 2.24) is 0 Å². The van der Waals surface area contributed by atoms with Gasteiger partial charge in [-0.05, 0) is 43.3 Å². The SMILES string of the molecule is Cc1c(N=Nc2ccc(N)cc2)ccc(C(=O)O)c1O. The van der Waals surface area contributed by atoms with E-state index in [1.54, 1.807) is 31.2 Å². The fourth-order valence-electron chi connectivity index (χ4n) is 1.62. The van der Waals surface area contributed by atoms with E-state index in [-0.39, 0.29) is 11.3 Å². The van der Waals surface area contributed by atoms with Gasteiger partial charge in [0, 0.05) is 11.3 Å². The Labute approximate surface area is 115 Å². The summed E-state index contributed by atoms with van der Waals surface area (Å²) in [6.45, 7) is 1.58. The highest BCUT2D eigenvalue weighted by atomic mass is 16.4. The van der Waals surface area contributed by atoms with Gasteiger partial charge in [0.05, 0.1) is 11.4 Å². The Morgan fingerprint density at radius 3 is 2.35 bits per heavy atom. The summed E-state index contributed by atoms with van der Waals surface area (Å²) in [6, 6.07) is 9.61. The van der Waals surface area contributed by atoms with Crippen LogP contribution in [0.2, 0.25) is 0 Å². The van der Waals surface area contributed by atoms with Gasteiger partial charge in [0.2, 0.25) is 0 Å². The summed E-state index contributed by atoms with van der Waals surface area (Å²) in [5.41, 5.74) is 7.42. The van der Waals surface area contributed by atoms with Crippen LogP contribution in [-0.2, 0) is 0 Å². The summed E-state index contributed by atoms with van der Waals surface area (Å²) in [5, 5.41) is 26.7. The fourth-order valence-corrected chi connectivity index (χ4v) is 1.62. The molecule has 0 saturated carbocycles. The van der Waals surface area contributed by atoms with Crippen LogP contribution >= 0.6 is 0 Å². The number of rotatable bonds is 3. The molecule has 0 aromatic heterocycles. The van der Waals surface area contributed by atoms with Crippen molar-refractivity contribution >= 4 is 23.0 Å². The highest BCUT2D eigenvalue weighted by molar-refractivity contribution is 5.92. The van der Waals surface area contributed by atoms with E-state index < -0.39 is 5.97 Å². The van der Waals surface area contributed by atoms with Gasteiger partial charge in [-0.15, -0.1) is 0 Å². The lowest BCUT2D eigenvalue weighted by Gasteiger charge is -2.05.